The van der Waals surface area contributed by atoms with E-state index in [4.69, 9.17) is 4.74 Å². The molecule has 1 aromatic carbocycles. The fraction of sp³-hybridized carbons (Fsp3) is 0.389. The lowest BCUT2D eigenvalue weighted by atomic mass is 9.87. The number of anilines is 1. The third-order valence-electron chi connectivity index (χ3n) is 5.39. The summed E-state index contributed by atoms with van der Waals surface area (Å²) in [5.41, 5.74) is 3.01. The molecule has 0 radical (unpaired) electrons. The fourth-order valence-electron chi connectivity index (χ4n) is 3.87. The number of ether oxygens (including phenoxy) is 1. The largest absolute Gasteiger partial charge is 0.497 e. The summed E-state index contributed by atoms with van der Waals surface area (Å²) in [5.74, 6) is 1.10. The van der Waals surface area contributed by atoms with Gasteiger partial charge in [-0.05, 0) is 48.2 Å². The molecule has 0 atom stereocenters. The minimum absolute atomic E-state index is 0.109. The summed E-state index contributed by atoms with van der Waals surface area (Å²) >= 11 is 0. The third kappa shape index (κ3) is 2.24. The van der Waals surface area contributed by atoms with Crippen LogP contribution in [0.1, 0.15) is 36.2 Å². The Kier molecular flexibility index (Phi) is 3.19. The van der Waals surface area contributed by atoms with Crippen molar-refractivity contribution in [2.24, 2.45) is 0 Å². The molecule has 0 amide bonds. The number of hydrogen-bond donors (Lipinski definition) is 0. The average molecular weight is 357 g/mol. The maximum absolute atomic E-state index is 13.1. The molecule has 2 aliphatic rings. The van der Waals surface area contributed by atoms with Crippen LogP contribution in [0.25, 0.3) is 5.65 Å². The number of nitrogens with zero attached hydrogens (tertiary/aromatic N) is 5. The second-order valence-corrected chi connectivity index (χ2v) is 6.98. The van der Waals surface area contributed by atoms with E-state index in [9.17, 15) is 8.78 Å². The topological polar surface area (TPSA) is 55.5 Å². The zero-order chi connectivity index (χ0) is 17.9. The summed E-state index contributed by atoms with van der Waals surface area (Å²) in [6.07, 6.45) is -0.487. The molecule has 3 aromatic rings. The molecule has 6 nitrogen and oxygen atoms in total. The monoisotopic (exact) mass is 357 g/mol. The van der Waals surface area contributed by atoms with Gasteiger partial charge in [-0.15, -0.1) is 15.3 Å². The number of aromatic nitrogens is 4. The first-order valence-corrected chi connectivity index (χ1v) is 8.52. The van der Waals surface area contributed by atoms with Crippen LogP contribution in [-0.4, -0.2) is 33.5 Å². The van der Waals surface area contributed by atoms with Gasteiger partial charge >= 0.3 is 0 Å². The van der Waals surface area contributed by atoms with Gasteiger partial charge in [0.15, 0.2) is 5.65 Å². The SMILES string of the molecule is COc1ccc2c(c1)C1(CC1)CN(c1ccc3nnc(C(F)F)n3n1)C2. The number of fused-ring (bicyclic) bond motifs is 3. The van der Waals surface area contributed by atoms with Gasteiger partial charge in [0, 0.05) is 18.5 Å². The van der Waals surface area contributed by atoms with Crippen LogP contribution >= 0.6 is 0 Å². The first-order chi connectivity index (χ1) is 12.6. The van der Waals surface area contributed by atoms with Gasteiger partial charge in [0.2, 0.25) is 5.82 Å². The highest BCUT2D eigenvalue weighted by Crippen LogP contribution is 2.53. The van der Waals surface area contributed by atoms with Crippen molar-refractivity contribution in [1.29, 1.82) is 0 Å². The van der Waals surface area contributed by atoms with E-state index in [1.54, 1.807) is 13.2 Å². The minimum atomic E-state index is -2.71. The molecule has 2 aromatic heterocycles. The fourth-order valence-corrected chi connectivity index (χ4v) is 3.87. The molecular weight excluding hydrogens is 340 g/mol. The molecule has 0 bridgehead atoms. The van der Waals surface area contributed by atoms with Crippen LogP contribution in [0, 0.1) is 0 Å². The van der Waals surface area contributed by atoms with E-state index < -0.39 is 12.2 Å². The Hall–Kier alpha value is -2.77. The Balaban J connectivity index is 1.55. The molecule has 0 unspecified atom stereocenters. The van der Waals surface area contributed by atoms with E-state index in [2.05, 4.69) is 32.3 Å². The lowest BCUT2D eigenvalue weighted by molar-refractivity contribution is 0.137. The second kappa shape index (κ2) is 5.36. The molecule has 1 spiro atoms. The molecule has 5 rings (SSSR count). The molecule has 3 heterocycles. The van der Waals surface area contributed by atoms with Gasteiger partial charge in [0.05, 0.1) is 7.11 Å². The van der Waals surface area contributed by atoms with Crippen molar-refractivity contribution in [2.45, 2.75) is 31.2 Å². The first kappa shape index (κ1) is 15.5. The second-order valence-electron chi connectivity index (χ2n) is 6.98. The van der Waals surface area contributed by atoms with Crippen molar-refractivity contribution < 1.29 is 13.5 Å². The van der Waals surface area contributed by atoms with Gasteiger partial charge in [0.25, 0.3) is 6.43 Å². The molecule has 26 heavy (non-hydrogen) atoms. The third-order valence-corrected chi connectivity index (χ3v) is 5.39. The lowest BCUT2D eigenvalue weighted by Crippen LogP contribution is -2.38. The Morgan fingerprint density at radius 1 is 1.15 bits per heavy atom. The van der Waals surface area contributed by atoms with Gasteiger partial charge < -0.3 is 9.64 Å². The zero-order valence-corrected chi connectivity index (χ0v) is 14.2. The van der Waals surface area contributed by atoms with Crippen LogP contribution in [0.4, 0.5) is 14.6 Å². The van der Waals surface area contributed by atoms with Crippen LogP contribution in [0.2, 0.25) is 0 Å². The normalized spacial score (nSPS) is 17.8. The minimum Gasteiger partial charge on any atom is -0.497 e. The Bertz CT molecular complexity index is 998. The Morgan fingerprint density at radius 3 is 2.73 bits per heavy atom. The molecule has 1 aliphatic heterocycles. The molecule has 1 aliphatic carbocycles. The van der Waals surface area contributed by atoms with Crippen LogP contribution in [-0.2, 0) is 12.0 Å². The average Bonchev–Trinajstić information content (AvgIpc) is 3.28. The van der Waals surface area contributed by atoms with Crippen LogP contribution < -0.4 is 9.64 Å². The van der Waals surface area contributed by atoms with Crippen LogP contribution in [0.3, 0.4) is 0 Å². The van der Waals surface area contributed by atoms with Gasteiger partial charge in [-0.2, -0.15) is 4.52 Å². The highest BCUT2D eigenvalue weighted by Gasteiger charge is 2.49. The number of benzene rings is 1. The summed E-state index contributed by atoms with van der Waals surface area (Å²) in [5, 5.41) is 11.7. The highest BCUT2D eigenvalue weighted by molar-refractivity contribution is 5.54. The first-order valence-electron chi connectivity index (χ1n) is 8.52. The van der Waals surface area contributed by atoms with Gasteiger partial charge in [0.1, 0.15) is 11.6 Å². The summed E-state index contributed by atoms with van der Waals surface area (Å²) in [6.45, 7) is 1.50. The molecule has 134 valence electrons. The van der Waals surface area contributed by atoms with Crippen molar-refractivity contribution in [3.8, 4) is 5.75 Å². The zero-order valence-electron chi connectivity index (χ0n) is 14.2. The van der Waals surface area contributed by atoms with Crippen molar-refractivity contribution in [1.82, 2.24) is 19.8 Å². The predicted molar refractivity (Wildman–Crippen MR) is 90.7 cm³/mol. The van der Waals surface area contributed by atoms with Gasteiger partial charge in [-0.3, -0.25) is 0 Å². The summed E-state index contributed by atoms with van der Waals surface area (Å²) in [4.78, 5) is 2.15. The number of methoxy groups -OCH3 is 1. The Morgan fingerprint density at radius 2 is 2.00 bits per heavy atom. The van der Waals surface area contributed by atoms with Gasteiger partial charge in [-0.1, -0.05) is 6.07 Å². The summed E-state index contributed by atoms with van der Waals surface area (Å²) < 4.78 is 32.7. The van der Waals surface area contributed by atoms with E-state index in [0.29, 0.717) is 18.0 Å². The van der Waals surface area contributed by atoms with E-state index in [1.165, 1.54) is 11.1 Å². The number of rotatable bonds is 3. The molecule has 0 saturated heterocycles. The maximum Gasteiger partial charge on any atom is 0.299 e. The van der Waals surface area contributed by atoms with Crippen molar-refractivity contribution in [2.75, 3.05) is 18.6 Å². The van der Waals surface area contributed by atoms with Gasteiger partial charge in [-0.25, -0.2) is 8.78 Å². The molecule has 1 fully saturated rings. The quantitative estimate of drug-likeness (QED) is 0.721. The molecule has 0 N–H and O–H groups in total. The molecular formula is C18H17F2N5O. The van der Waals surface area contributed by atoms with Crippen LogP contribution in [0.5, 0.6) is 5.75 Å². The summed E-state index contributed by atoms with van der Waals surface area (Å²) in [6, 6.07) is 9.69. The number of halogens is 2. The van der Waals surface area contributed by atoms with Crippen molar-refractivity contribution >= 4 is 11.5 Å². The number of hydrogen-bond acceptors (Lipinski definition) is 5. The number of alkyl halides is 2. The van der Waals surface area contributed by atoms with Crippen LogP contribution in [0.15, 0.2) is 30.3 Å². The lowest BCUT2D eigenvalue weighted by Gasteiger charge is -2.36. The highest BCUT2D eigenvalue weighted by atomic mass is 19.3. The van der Waals surface area contributed by atoms with E-state index in [-0.39, 0.29) is 5.41 Å². The maximum atomic E-state index is 13.1. The van der Waals surface area contributed by atoms with Crippen molar-refractivity contribution in [3.63, 3.8) is 0 Å². The van der Waals surface area contributed by atoms with E-state index in [0.717, 1.165) is 29.7 Å². The molecule has 1 saturated carbocycles. The van der Waals surface area contributed by atoms with E-state index in [1.807, 2.05) is 12.1 Å². The van der Waals surface area contributed by atoms with Crippen molar-refractivity contribution in [3.05, 3.63) is 47.3 Å². The smallest absolute Gasteiger partial charge is 0.299 e. The predicted octanol–water partition coefficient (Wildman–Crippen LogP) is 3.12. The molecule has 8 heteroatoms. The van der Waals surface area contributed by atoms with E-state index >= 15 is 0 Å². The Labute approximate surface area is 148 Å². The summed E-state index contributed by atoms with van der Waals surface area (Å²) in [7, 11) is 1.68. The standard InChI is InChI=1S/C18H17F2N5O/c1-26-12-3-2-11-9-24(10-18(6-7-18)13(11)8-12)15-5-4-14-21-22-17(16(19)20)25(14)23-15/h2-5,8,16H,6-7,9-10H2,1H3.